The Morgan fingerprint density at radius 1 is 0.800 bits per heavy atom. The molecular formula is C32H42F2N2O4. The van der Waals surface area contributed by atoms with Crippen LogP contribution in [-0.2, 0) is 11.2 Å². The zero-order valence-corrected chi connectivity index (χ0v) is 23.6. The molecule has 2 aromatic heterocycles. The van der Waals surface area contributed by atoms with E-state index in [1.54, 1.807) is 36.8 Å². The molecule has 218 valence electrons. The highest BCUT2D eigenvalue weighted by Gasteiger charge is 2.46. The first-order valence-corrected chi connectivity index (χ1v) is 14.3. The average Bonchev–Trinajstić information content (AvgIpc) is 3.50. The zero-order chi connectivity index (χ0) is 28.8. The number of benzene rings is 2. The molecule has 0 aliphatic heterocycles. The van der Waals surface area contributed by atoms with Crippen molar-refractivity contribution in [1.29, 1.82) is 0 Å². The summed E-state index contributed by atoms with van der Waals surface area (Å²) < 4.78 is 38.0. The third kappa shape index (κ3) is 6.25. The maximum Gasteiger partial charge on any atom is 0.134 e. The molecule has 0 spiro atoms. The van der Waals surface area contributed by atoms with E-state index in [0.717, 1.165) is 30.0 Å². The van der Waals surface area contributed by atoms with Gasteiger partial charge in [0.1, 0.15) is 35.7 Å². The number of fused-ring (bicyclic) bond motifs is 2. The number of hydrogen-bond donors (Lipinski definition) is 4. The van der Waals surface area contributed by atoms with Crippen molar-refractivity contribution in [1.82, 2.24) is 10.6 Å². The minimum Gasteiger partial charge on any atom is -0.464 e. The highest BCUT2D eigenvalue weighted by atomic mass is 19.1. The first-order valence-electron chi connectivity index (χ1n) is 14.3. The minimum absolute atomic E-state index is 0.245. The van der Waals surface area contributed by atoms with Crippen molar-refractivity contribution in [2.75, 3.05) is 26.4 Å². The molecule has 8 heteroatoms. The second kappa shape index (κ2) is 13.3. The lowest BCUT2D eigenvalue weighted by molar-refractivity contribution is -0.0314. The molecule has 0 amide bonds. The van der Waals surface area contributed by atoms with Gasteiger partial charge in [0.2, 0.25) is 0 Å². The molecule has 4 atom stereocenters. The van der Waals surface area contributed by atoms with Crippen LogP contribution in [0.25, 0.3) is 21.9 Å². The third-order valence-electron chi connectivity index (χ3n) is 7.96. The molecule has 2 heterocycles. The van der Waals surface area contributed by atoms with E-state index >= 15 is 0 Å². The summed E-state index contributed by atoms with van der Waals surface area (Å²) >= 11 is 0. The van der Waals surface area contributed by atoms with Gasteiger partial charge in [0, 0.05) is 22.9 Å². The smallest absolute Gasteiger partial charge is 0.134 e. The van der Waals surface area contributed by atoms with Crippen LogP contribution in [0.15, 0.2) is 69.9 Å². The second-order valence-corrected chi connectivity index (χ2v) is 10.7. The van der Waals surface area contributed by atoms with E-state index in [1.807, 2.05) is 45.0 Å². The van der Waals surface area contributed by atoms with Crippen molar-refractivity contribution in [3.8, 4) is 0 Å². The summed E-state index contributed by atoms with van der Waals surface area (Å²) in [4.78, 5) is 0. The number of aliphatic hydroxyl groups is 2. The number of alkyl halides is 2. The molecule has 2 aromatic carbocycles. The Kier molecular flexibility index (Phi) is 10.0. The van der Waals surface area contributed by atoms with Gasteiger partial charge in [-0.05, 0) is 73.7 Å². The van der Waals surface area contributed by atoms with Gasteiger partial charge in [-0.25, -0.2) is 8.78 Å². The molecule has 1 fully saturated rings. The van der Waals surface area contributed by atoms with Crippen LogP contribution in [0.1, 0.15) is 57.6 Å². The maximum absolute atomic E-state index is 13.7. The van der Waals surface area contributed by atoms with Gasteiger partial charge >= 0.3 is 0 Å². The standard InChI is InChI=1S/C16H20FNO2.C16H22FNO2/c1-2-18-15(12-3-4-12)16(19,10-17)13-6-5-11-7-8-20-14(11)9-13;1-3-5-15(18-4-2)16(19,11-17)13-7-6-12-8-9-20-14(12)10-13/h5-9,12,15,18-19H,2-4,10H2,1H3;6-10,15,18-19H,3-5,11H2,1-2H3. The lowest BCUT2D eigenvalue weighted by Crippen LogP contribution is -2.51. The summed E-state index contributed by atoms with van der Waals surface area (Å²) in [5, 5.41) is 30.1. The maximum atomic E-state index is 13.7. The fourth-order valence-corrected chi connectivity index (χ4v) is 5.58. The van der Waals surface area contributed by atoms with Gasteiger partial charge < -0.3 is 29.7 Å². The molecular weight excluding hydrogens is 514 g/mol. The summed E-state index contributed by atoms with van der Waals surface area (Å²) in [6.07, 6.45) is 6.88. The van der Waals surface area contributed by atoms with E-state index in [0.29, 0.717) is 47.7 Å². The predicted octanol–water partition coefficient (Wildman–Crippen LogP) is 6.35. The predicted molar refractivity (Wildman–Crippen MR) is 155 cm³/mol. The first-order chi connectivity index (χ1) is 19.3. The molecule has 0 radical (unpaired) electrons. The van der Waals surface area contributed by atoms with Crippen molar-refractivity contribution >= 4 is 21.9 Å². The quantitative estimate of drug-likeness (QED) is 0.154. The van der Waals surface area contributed by atoms with Gasteiger partial charge in [-0.1, -0.05) is 51.5 Å². The molecule has 6 nitrogen and oxygen atoms in total. The number of hydrogen-bond acceptors (Lipinski definition) is 6. The summed E-state index contributed by atoms with van der Waals surface area (Å²) in [6, 6.07) is 13.9. The Morgan fingerprint density at radius 3 is 1.77 bits per heavy atom. The minimum atomic E-state index is -1.52. The van der Waals surface area contributed by atoms with Crippen molar-refractivity contribution in [2.45, 2.75) is 69.7 Å². The summed E-state index contributed by atoms with van der Waals surface area (Å²) in [5.74, 6) is 0.350. The van der Waals surface area contributed by atoms with Crippen LogP contribution in [0, 0.1) is 5.92 Å². The molecule has 1 aliphatic rings. The lowest BCUT2D eigenvalue weighted by atomic mass is 9.84. The van der Waals surface area contributed by atoms with Crippen LogP contribution in [-0.4, -0.2) is 48.7 Å². The van der Waals surface area contributed by atoms with Crippen molar-refractivity contribution in [3.05, 3.63) is 72.2 Å². The van der Waals surface area contributed by atoms with Gasteiger partial charge in [-0.15, -0.1) is 0 Å². The van der Waals surface area contributed by atoms with Gasteiger partial charge in [0.05, 0.1) is 12.5 Å². The topological polar surface area (TPSA) is 90.8 Å². The third-order valence-corrected chi connectivity index (χ3v) is 7.96. The average molecular weight is 557 g/mol. The van der Waals surface area contributed by atoms with E-state index in [9.17, 15) is 19.0 Å². The Morgan fingerprint density at radius 2 is 1.32 bits per heavy atom. The Bertz CT molecular complexity index is 1350. The van der Waals surface area contributed by atoms with Crippen molar-refractivity contribution < 1.29 is 27.8 Å². The van der Waals surface area contributed by atoms with Gasteiger partial charge in [-0.3, -0.25) is 0 Å². The van der Waals surface area contributed by atoms with E-state index in [2.05, 4.69) is 10.6 Å². The normalized spacial score (nSPS) is 18.1. The Balaban J connectivity index is 0.000000185. The number of likely N-dealkylation sites (N-methyl/N-ethyl adjacent to an activating group) is 2. The molecule has 1 saturated carbocycles. The number of nitrogens with one attached hydrogen (secondary N) is 2. The van der Waals surface area contributed by atoms with Crippen LogP contribution in [0.3, 0.4) is 0 Å². The van der Waals surface area contributed by atoms with E-state index in [-0.39, 0.29) is 12.1 Å². The molecule has 1 aliphatic carbocycles. The fraction of sp³-hybridized carbons (Fsp3) is 0.500. The van der Waals surface area contributed by atoms with Gasteiger partial charge in [-0.2, -0.15) is 0 Å². The second-order valence-electron chi connectivity index (χ2n) is 10.7. The summed E-state index contributed by atoms with van der Waals surface area (Å²) in [5.41, 5.74) is -0.519. The molecule has 4 N–H and O–H groups in total. The number of furan rings is 2. The molecule has 5 rings (SSSR count). The van der Waals surface area contributed by atoms with Crippen molar-refractivity contribution in [2.24, 2.45) is 5.92 Å². The van der Waals surface area contributed by atoms with E-state index in [4.69, 9.17) is 8.83 Å². The van der Waals surface area contributed by atoms with Crippen LogP contribution >= 0.6 is 0 Å². The number of halogens is 2. The monoisotopic (exact) mass is 556 g/mol. The van der Waals surface area contributed by atoms with E-state index in [1.165, 1.54) is 0 Å². The van der Waals surface area contributed by atoms with Crippen LogP contribution in [0.5, 0.6) is 0 Å². The van der Waals surface area contributed by atoms with Crippen LogP contribution in [0.4, 0.5) is 8.78 Å². The van der Waals surface area contributed by atoms with Crippen molar-refractivity contribution in [3.63, 3.8) is 0 Å². The zero-order valence-electron chi connectivity index (χ0n) is 23.6. The SMILES string of the molecule is CCCC(NCC)C(O)(CF)c1ccc2ccoc2c1.CCNC(C1CC1)C(O)(CF)c1ccc2ccoc2c1. The highest BCUT2D eigenvalue weighted by Crippen LogP contribution is 2.42. The number of rotatable bonds is 13. The molecule has 0 bridgehead atoms. The summed E-state index contributed by atoms with van der Waals surface area (Å²) in [6.45, 7) is 5.74. The van der Waals surface area contributed by atoms with Crippen LogP contribution < -0.4 is 10.6 Å². The molecule has 0 saturated heterocycles. The molecule has 40 heavy (non-hydrogen) atoms. The van der Waals surface area contributed by atoms with E-state index < -0.39 is 24.6 Å². The fourth-order valence-electron chi connectivity index (χ4n) is 5.58. The Hall–Kier alpha value is -2.78. The first kappa shape index (κ1) is 30.2. The Labute approximate surface area is 234 Å². The molecule has 4 unspecified atom stereocenters. The van der Waals surface area contributed by atoms with Crippen LogP contribution in [0.2, 0.25) is 0 Å². The molecule has 4 aromatic rings. The largest absolute Gasteiger partial charge is 0.464 e. The van der Waals surface area contributed by atoms with Gasteiger partial charge in [0.15, 0.2) is 0 Å². The highest BCUT2D eigenvalue weighted by molar-refractivity contribution is 5.78. The van der Waals surface area contributed by atoms with Gasteiger partial charge in [0.25, 0.3) is 0 Å². The summed E-state index contributed by atoms with van der Waals surface area (Å²) in [7, 11) is 0. The lowest BCUT2D eigenvalue weighted by Gasteiger charge is -2.35.